The number of amides is 1. The van der Waals surface area contributed by atoms with Crippen LogP contribution in [0.4, 0.5) is 0 Å². The lowest BCUT2D eigenvalue weighted by molar-refractivity contribution is 0.0612. The molecule has 0 bridgehead atoms. The minimum Gasteiger partial charge on any atom is -0.383 e. The average molecular weight is 407 g/mol. The lowest BCUT2D eigenvalue weighted by Gasteiger charge is -2.29. The molecule has 1 aromatic rings. The Morgan fingerprint density at radius 2 is 2.22 bits per heavy atom. The topological polar surface area (TPSA) is 68.6 Å². The van der Waals surface area contributed by atoms with E-state index < -0.39 is 9.84 Å². The first kappa shape index (κ1) is 18.5. The Hall–Kier alpha value is -0.860. The Morgan fingerprint density at radius 3 is 2.74 bits per heavy atom. The highest BCUT2D eigenvalue weighted by Crippen LogP contribution is 2.24. The molecular formula is C15H23BrN2O4S. The van der Waals surface area contributed by atoms with Crippen LogP contribution in [0.2, 0.25) is 0 Å². The number of nitrogens with zero attached hydrogens (tertiary/aromatic N) is 2. The summed E-state index contributed by atoms with van der Waals surface area (Å²) in [5.74, 6) is 0.0264. The van der Waals surface area contributed by atoms with Crippen molar-refractivity contribution in [2.75, 3.05) is 31.8 Å². The van der Waals surface area contributed by atoms with Crippen molar-refractivity contribution >= 4 is 31.7 Å². The van der Waals surface area contributed by atoms with Gasteiger partial charge < -0.3 is 14.2 Å². The fraction of sp³-hybridized carbons (Fsp3) is 0.667. The number of hydrogen-bond acceptors (Lipinski definition) is 4. The normalized spacial score (nSPS) is 20.1. The van der Waals surface area contributed by atoms with Crippen molar-refractivity contribution in [3.63, 3.8) is 0 Å². The molecule has 8 heteroatoms. The highest BCUT2D eigenvalue weighted by Gasteiger charge is 2.35. The van der Waals surface area contributed by atoms with E-state index in [1.165, 1.54) is 0 Å². The molecule has 2 heterocycles. The van der Waals surface area contributed by atoms with Crippen LogP contribution in [-0.4, -0.2) is 61.6 Å². The standard InChI is InChI=1S/C15H23BrN2O4S/c1-11(2)18-9-12(16)8-14(18)15(19)17(5-6-22-3)13-4-7-23(20,21)10-13/h8-9,11,13H,4-7,10H2,1-3H3. The van der Waals surface area contributed by atoms with Gasteiger partial charge in [-0.2, -0.15) is 0 Å². The molecule has 23 heavy (non-hydrogen) atoms. The fourth-order valence-electron chi connectivity index (χ4n) is 2.85. The number of rotatable bonds is 6. The number of ether oxygens (including phenoxy) is 1. The molecule has 1 fully saturated rings. The highest BCUT2D eigenvalue weighted by molar-refractivity contribution is 9.10. The Morgan fingerprint density at radius 1 is 1.52 bits per heavy atom. The van der Waals surface area contributed by atoms with Crippen LogP contribution < -0.4 is 0 Å². The van der Waals surface area contributed by atoms with Gasteiger partial charge in [-0.25, -0.2) is 8.42 Å². The first-order chi connectivity index (χ1) is 10.7. The molecule has 1 aliphatic heterocycles. The third-order valence-corrected chi connectivity index (χ3v) is 6.22. The van der Waals surface area contributed by atoms with Crippen molar-refractivity contribution < 1.29 is 17.9 Å². The van der Waals surface area contributed by atoms with Crippen LogP contribution >= 0.6 is 15.9 Å². The van der Waals surface area contributed by atoms with E-state index in [0.717, 1.165) is 4.47 Å². The molecule has 1 aliphatic rings. The lowest BCUT2D eigenvalue weighted by Crippen LogP contribution is -2.43. The summed E-state index contributed by atoms with van der Waals surface area (Å²) in [5.41, 5.74) is 0.562. The van der Waals surface area contributed by atoms with E-state index in [-0.39, 0.29) is 29.5 Å². The van der Waals surface area contributed by atoms with Gasteiger partial charge in [0.2, 0.25) is 0 Å². The van der Waals surface area contributed by atoms with Crippen molar-refractivity contribution in [1.82, 2.24) is 9.47 Å². The highest BCUT2D eigenvalue weighted by atomic mass is 79.9. The summed E-state index contributed by atoms with van der Waals surface area (Å²) in [4.78, 5) is 14.7. The third kappa shape index (κ3) is 4.36. The molecule has 0 aromatic carbocycles. The minimum atomic E-state index is -3.05. The maximum absolute atomic E-state index is 13.0. The van der Waals surface area contributed by atoms with E-state index in [1.54, 1.807) is 18.1 Å². The van der Waals surface area contributed by atoms with Crippen molar-refractivity contribution in [3.8, 4) is 0 Å². The zero-order valence-electron chi connectivity index (χ0n) is 13.7. The summed E-state index contributed by atoms with van der Waals surface area (Å²) < 4.78 is 31.4. The zero-order chi connectivity index (χ0) is 17.2. The molecule has 0 radical (unpaired) electrons. The minimum absolute atomic E-state index is 0.0337. The number of carbonyl (C=O) groups is 1. The maximum atomic E-state index is 13.0. The van der Waals surface area contributed by atoms with Crippen LogP contribution in [0.1, 0.15) is 36.8 Å². The number of aromatic nitrogens is 1. The molecule has 1 saturated heterocycles. The van der Waals surface area contributed by atoms with Crippen molar-refractivity contribution in [2.45, 2.75) is 32.4 Å². The summed E-state index contributed by atoms with van der Waals surface area (Å²) in [6.07, 6.45) is 2.36. The Kier molecular flexibility index (Phi) is 5.91. The number of halogens is 1. The largest absolute Gasteiger partial charge is 0.383 e. The predicted molar refractivity (Wildman–Crippen MR) is 92.5 cm³/mol. The fourth-order valence-corrected chi connectivity index (χ4v) is 5.02. The van der Waals surface area contributed by atoms with Gasteiger partial charge in [0, 0.05) is 36.4 Å². The van der Waals surface area contributed by atoms with Gasteiger partial charge in [0.25, 0.3) is 5.91 Å². The van der Waals surface area contributed by atoms with Gasteiger partial charge >= 0.3 is 0 Å². The lowest BCUT2D eigenvalue weighted by atomic mass is 10.2. The Bertz CT molecular complexity index is 669. The molecule has 130 valence electrons. The predicted octanol–water partition coefficient (Wildman–Crippen LogP) is 2.11. The SMILES string of the molecule is COCCN(C(=O)c1cc(Br)cn1C(C)C)C1CCS(=O)(=O)C1. The van der Waals surface area contributed by atoms with Gasteiger partial charge in [-0.1, -0.05) is 0 Å². The molecule has 6 nitrogen and oxygen atoms in total. The van der Waals surface area contributed by atoms with E-state index in [2.05, 4.69) is 15.9 Å². The van der Waals surface area contributed by atoms with Crippen molar-refractivity contribution in [3.05, 3.63) is 22.4 Å². The van der Waals surface area contributed by atoms with Gasteiger partial charge in [-0.3, -0.25) is 4.79 Å². The van der Waals surface area contributed by atoms with E-state index in [1.807, 2.05) is 24.6 Å². The number of carbonyl (C=O) groups excluding carboxylic acids is 1. The van der Waals surface area contributed by atoms with E-state index >= 15 is 0 Å². The van der Waals surface area contributed by atoms with E-state index in [0.29, 0.717) is 25.3 Å². The average Bonchev–Trinajstić information content (AvgIpc) is 3.02. The second-order valence-corrected chi connectivity index (χ2v) is 9.24. The summed E-state index contributed by atoms with van der Waals surface area (Å²) in [6, 6.07) is 1.64. The Labute approximate surface area is 145 Å². The van der Waals surface area contributed by atoms with Gasteiger partial charge in [0.05, 0.1) is 18.1 Å². The number of methoxy groups -OCH3 is 1. The van der Waals surface area contributed by atoms with Crippen LogP contribution in [0.5, 0.6) is 0 Å². The van der Waals surface area contributed by atoms with Crippen molar-refractivity contribution in [2.24, 2.45) is 0 Å². The molecular weight excluding hydrogens is 384 g/mol. The summed E-state index contributed by atoms with van der Waals surface area (Å²) in [6.45, 7) is 4.77. The quantitative estimate of drug-likeness (QED) is 0.725. The van der Waals surface area contributed by atoms with Gasteiger partial charge in [0.1, 0.15) is 5.69 Å². The molecule has 2 rings (SSSR count). The van der Waals surface area contributed by atoms with Gasteiger partial charge in [-0.05, 0) is 42.3 Å². The van der Waals surface area contributed by atoms with Crippen LogP contribution in [-0.2, 0) is 14.6 Å². The second-order valence-electron chi connectivity index (χ2n) is 6.09. The second kappa shape index (κ2) is 7.36. The molecule has 0 aliphatic carbocycles. The van der Waals surface area contributed by atoms with E-state index in [4.69, 9.17) is 4.74 Å². The summed E-state index contributed by atoms with van der Waals surface area (Å²) >= 11 is 3.41. The molecule has 1 unspecified atom stereocenters. The number of hydrogen-bond donors (Lipinski definition) is 0. The van der Waals surface area contributed by atoms with Gasteiger partial charge in [-0.15, -0.1) is 0 Å². The van der Waals surface area contributed by atoms with Gasteiger partial charge in [0.15, 0.2) is 9.84 Å². The molecule has 0 spiro atoms. The molecule has 1 aromatic heterocycles. The first-order valence-electron chi connectivity index (χ1n) is 7.63. The maximum Gasteiger partial charge on any atom is 0.270 e. The third-order valence-electron chi connectivity index (χ3n) is 4.04. The van der Waals surface area contributed by atoms with Crippen LogP contribution in [0, 0.1) is 0 Å². The molecule has 1 atom stereocenters. The van der Waals surface area contributed by atoms with Crippen LogP contribution in [0.25, 0.3) is 0 Å². The smallest absolute Gasteiger partial charge is 0.270 e. The van der Waals surface area contributed by atoms with E-state index in [9.17, 15) is 13.2 Å². The molecule has 0 N–H and O–H groups in total. The summed E-state index contributed by atoms with van der Waals surface area (Å²) in [7, 11) is -1.48. The summed E-state index contributed by atoms with van der Waals surface area (Å²) in [5, 5.41) is 0. The van der Waals surface area contributed by atoms with Crippen molar-refractivity contribution in [1.29, 1.82) is 0 Å². The first-order valence-corrected chi connectivity index (χ1v) is 10.2. The monoisotopic (exact) mass is 406 g/mol. The van der Waals surface area contributed by atoms with Crippen LogP contribution in [0.3, 0.4) is 0 Å². The molecule has 1 amide bonds. The van der Waals surface area contributed by atoms with Crippen LogP contribution in [0.15, 0.2) is 16.7 Å². The molecule has 0 saturated carbocycles. The Balaban J connectivity index is 2.30. The zero-order valence-corrected chi connectivity index (χ0v) is 16.1. The number of sulfone groups is 1.